The molecule has 1 saturated heterocycles. The normalized spacial score (nSPS) is 15.0. The summed E-state index contributed by atoms with van der Waals surface area (Å²) in [4.78, 5) is 26.8. The van der Waals surface area contributed by atoms with Crippen molar-refractivity contribution >= 4 is 46.9 Å². The van der Waals surface area contributed by atoms with Crippen LogP contribution in [0.25, 0.3) is 0 Å². The highest BCUT2D eigenvalue weighted by atomic mass is 35.5. The maximum absolute atomic E-state index is 12.7. The SMILES string of the molecule is CCOc1ccc(N2C[C@H](C(=O)N/N=C\c3ccc(OCc4ccc(Cl)c(Cl)c4)c(OCC)c3)CC2=O)cc1. The van der Waals surface area contributed by atoms with Gasteiger partial charge in [0, 0.05) is 18.7 Å². The molecular formula is C29H29Cl2N3O5. The van der Waals surface area contributed by atoms with Crippen LogP contribution < -0.4 is 24.5 Å². The summed E-state index contributed by atoms with van der Waals surface area (Å²) in [6.07, 6.45) is 1.64. The van der Waals surface area contributed by atoms with Gasteiger partial charge in [-0.3, -0.25) is 9.59 Å². The van der Waals surface area contributed by atoms with Crippen LogP contribution in [-0.2, 0) is 16.2 Å². The molecule has 0 spiro atoms. The van der Waals surface area contributed by atoms with E-state index in [9.17, 15) is 9.59 Å². The van der Waals surface area contributed by atoms with Gasteiger partial charge in [0.1, 0.15) is 12.4 Å². The van der Waals surface area contributed by atoms with Crippen molar-refractivity contribution in [3.05, 3.63) is 81.8 Å². The summed E-state index contributed by atoms with van der Waals surface area (Å²) in [5, 5.41) is 5.03. The number of benzene rings is 3. The van der Waals surface area contributed by atoms with E-state index in [1.165, 1.54) is 6.21 Å². The van der Waals surface area contributed by atoms with Gasteiger partial charge in [0.25, 0.3) is 0 Å². The minimum Gasteiger partial charge on any atom is -0.494 e. The van der Waals surface area contributed by atoms with Crippen LogP contribution in [0, 0.1) is 5.92 Å². The Labute approximate surface area is 237 Å². The van der Waals surface area contributed by atoms with Crippen molar-refractivity contribution in [2.24, 2.45) is 11.0 Å². The molecule has 0 aromatic heterocycles. The van der Waals surface area contributed by atoms with E-state index in [4.69, 9.17) is 37.4 Å². The van der Waals surface area contributed by atoms with Gasteiger partial charge in [-0.1, -0.05) is 29.3 Å². The Kier molecular flexibility index (Phi) is 9.68. The van der Waals surface area contributed by atoms with Crippen LogP contribution in [0.5, 0.6) is 17.2 Å². The van der Waals surface area contributed by atoms with Gasteiger partial charge in [0.15, 0.2) is 11.5 Å². The first-order valence-electron chi connectivity index (χ1n) is 12.6. The monoisotopic (exact) mass is 569 g/mol. The van der Waals surface area contributed by atoms with E-state index in [-0.39, 0.29) is 31.4 Å². The van der Waals surface area contributed by atoms with Gasteiger partial charge in [0.05, 0.1) is 35.4 Å². The highest BCUT2D eigenvalue weighted by Crippen LogP contribution is 2.30. The zero-order valence-corrected chi connectivity index (χ0v) is 23.2. The number of carbonyl (C=O) groups is 2. The lowest BCUT2D eigenvalue weighted by molar-refractivity contribution is -0.126. The molecule has 8 nitrogen and oxygen atoms in total. The predicted octanol–water partition coefficient (Wildman–Crippen LogP) is 5.87. The second-order valence-electron chi connectivity index (χ2n) is 8.74. The molecule has 1 atom stereocenters. The van der Waals surface area contributed by atoms with E-state index in [0.29, 0.717) is 40.3 Å². The molecule has 1 aliphatic heterocycles. The molecule has 39 heavy (non-hydrogen) atoms. The molecule has 0 aliphatic carbocycles. The van der Waals surface area contributed by atoms with Gasteiger partial charge < -0.3 is 19.1 Å². The number of hydrogen-bond acceptors (Lipinski definition) is 6. The highest BCUT2D eigenvalue weighted by molar-refractivity contribution is 6.42. The molecule has 10 heteroatoms. The lowest BCUT2D eigenvalue weighted by Crippen LogP contribution is -2.30. The number of carbonyl (C=O) groups excluding carboxylic acids is 2. The minimum absolute atomic E-state index is 0.110. The lowest BCUT2D eigenvalue weighted by atomic mass is 10.1. The van der Waals surface area contributed by atoms with Crippen LogP contribution in [0.15, 0.2) is 65.8 Å². The van der Waals surface area contributed by atoms with Crippen LogP contribution in [-0.4, -0.2) is 37.8 Å². The molecule has 3 aromatic carbocycles. The molecule has 204 valence electrons. The Balaban J connectivity index is 1.34. The van der Waals surface area contributed by atoms with Gasteiger partial charge in [-0.25, -0.2) is 5.43 Å². The van der Waals surface area contributed by atoms with Gasteiger partial charge in [-0.2, -0.15) is 5.10 Å². The zero-order valence-electron chi connectivity index (χ0n) is 21.7. The molecule has 1 heterocycles. The summed E-state index contributed by atoms with van der Waals surface area (Å²) in [6.45, 7) is 5.37. The summed E-state index contributed by atoms with van der Waals surface area (Å²) < 4.78 is 17.1. The van der Waals surface area contributed by atoms with Crippen molar-refractivity contribution in [2.75, 3.05) is 24.7 Å². The summed E-state index contributed by atoms with van der Waals surface area (Å²) >= 11 is 12.1. The molecule has 0 radical (unpaired) electrons. The molecule has 1 fully saturated rings. The number of hydrazone groups is 1. The summed E-state index contributed by atoms with van der Waals surface area (Å²) in [5.74, 6) is 0.899. The first-order valence-corrected chi connectivity index (χ1v) is 13.3. The molecule has 0 bridgehead atoms. The van der Waals surface area contributed by atoms with Crippen LogP contribution in [0.3, 0.4) is 0 Å². The number of nitrogens with one attached hydrogen (secondary N) is 1. The molecule has 0 unspecified atom stereocenters. The maximum Gasteiger partial charge on any atom is 0.245 e. The third-order valence-electron chi connectivity index (χ3n) is 5.99. The first kappa shape index (κ1) is 28.3. The van der Waals surface area contributed by atoms with Crippen LogP contribution in [0.4, 0.5) is 5.69 Å². The van der Waals surface area contributed by atoms with Crippen molar-refractivity contribution in [1.29, 1.82) is 0 Å². The number of ether oxygens (including phenoxy) is 3. The van der Waals surface area contributed by atoms with E-state index in [2.05, 4.69) is 10.5 Å². The van der Waals surface area contributed by atoms with Gasteiger partial charge >= 0.3 is 0 Å². The Morgan fingerprint density at radius 1 is 0.974 bits per heavy atom. The van der Waals surface area contributed by atoms with Gasteiger partial charge in [0.2, 0.25) is 11.8 Å². The third kappa shape index (κ3) is 7.43. The number of amides is 2. The predicted molar refractivity (Wildman–Crippen MR) is 152 cm³/mol. The van der Waals surface area contributed by atoms with Gasteiger partial charge in [-0.15, -0.1) is 0 Å². The molecular weight excluding hydrogens is 541 g/mol. The average molecular weight is 570 g/mol. The zero-order chi connectivity index (χ0) is 27.8. The summed E-state index contributed by atoms with van der Waals surface area (Å²) in [5.41, 5.74) is 4.85. The van der Waals surface area contributed by atoms with Crippen LogP contribution in [0.2, 0.25) is 10.0 Å². The average Bonchev–Trinajstić information content (AvgIpc) is 3.32. The van der Waals surface area contributed by atoms with Crippen molar-refractivity contribution in [1.82, 2.24) is 5.43 Å². The number of anilines is 1. The van der Waals surface area contributed by atoms with E-state index >= 15 is 0 Å². The summed E-state index contributed by atoms with van der Waals surface area (Å²) in [7, 11) is 0. The van der Waals surface area contributed by atoms with Gasteiger partial charge in [-0.05, 0) is 79.6 Å². The smallest absolute Gasteiger partial charge is 0.245 e. The highest BCUT2D eigenvalue weighted by Gasteiger charge is 2.35. The van der Waals surface area contributed by atoms with Crippen molar-refractivity contribution in [3.8, 4) is 17.2 Å². The minimum atomic E-state index is -0.502. The molecule has 3 aromatic rings. The summed E-state index contributed by atoms with van der Waals surface area (Å²) in [6, 6.07) is 17.9. The van der Waals surface area contributed by atoms with Crippen molar-refractivity contribution in [2.45, 2.75) is 26.9 Å². The largest absolute Gasteiger partial charge is 0.494 e. The fourth-order valence-electron chi connectivity index (χ4n) is 4.07. The molecule has 4 rings (SSSR count). The topological polar surface area (TPSA) is 89.5 Å². The number of halogens is 2. The van der Waals surface area contributed by atoms with Crippen molar-refractivity contribution < 1.29 is 23.8 Å². The van der Waals surface area contributed by atoms with E-state index in [1.54, 1.807) is 35.2 Å². The first-order chi connectivity index (χ1) is 18.9. The fourth-order valence-corrected chi connectivity index (χ4v) is 4.39. The number of nitrogens with zero attached hydrogens (tertiary/aromatic N) is 2. The fraction of sp³-hybridized carbons (Fsp3) is 0.276. The second-order valence-corrected chi connectivity index (χ2v) is 9.56. The Morgan fingerprint density at radius 3 is 2.46 bits per heavy atom. The number of rotatable bonds is 11. The molecule has 0 saturated carbocycles. The third-order valence-corrected chi connectivity index (χ3v) is 6.73. The van der Waals surface area contributed by atoms with E-state index < -0.39 is 5.92 Å². The lowest BCUT2D eigenvalue weighted by Gasteiger charge is -2.17. The Hall–Kier alpha value is -3.75. The maximum atomic E-state index is 12.7. The Morgan fingerprint density at radius 2 is 1.74 bits per heavy atom. The molecule has 2 amide bonds. The molecule has 1 aliphatic rings. The van der Waals surface area contributed by atoms with Crippen LogP contribution in [0.1, 0.15) is 31.4 Å². The second kappa shape index (κ2) is 13.4. The van der Waals surface area contributed by atoms with Crippen molar-refractivity contribution in [3.63, 3.8) is 0 Å². The van der Waals surface area contributed by atoms with E-state index in [0.717, 1.165) is 17.0 Å². The number of hydrogen-bond donors (Lipinski definition) is 1. The molecule has 1 N–H and O–H groups in total. The standard InChI is InChI=1S/C29H29Cl2N3O5/c1-3-37-23-9-7-22(8-10-23)34-17-21(15-28(34)35)29(36)33-32-16-19-6-12-26(27(14-19)38-4-2)39-18-20-5-11-24(30)25(31)13-20/h5-14,16,21H,3-4,15,17-18H2,1-2H3,(H,33,36)/b32-16-/t21-/m1/s1. The Bertz CT molecular complexity index is 1350. The van der Waals surface area contributed by atoms with E-state index in [1.807, 2.05) is 44.2 Å². The quantitative estimate of drug-likeness (QED) is 0.230. The van der Waals surface area contributed by atoms with Crippen LogP contribution >= 0.6 is 23.2 Å².